The standard InChI is InChI=1S/C41H25N3/c1-3-12-26(13-4-1)37-30-16-7-8-17-31(30)38(27-14-5-2-6-15-27)41-33-22-21-28(29-18-11-19-32(39(29)33)40(37)41)34-23-24-36(44-43-34)35-20-9-10-25-42-35/h1-25H. The van der Waals surface area contributed by atoms with E-state index in [2.05, 4.69) is 137 Å². The molecule has 8 aromatic rings. The van der Waals surface area contributed by atoms with E-state index in [0.29, 0.717) is 0 Å². The third kappa shape index (κ3) is 3.66. The molecule has 9 rings (SSSR count). The van der Waals surface area contributed by atoms with Gasteiger partial charge >= 0.3 is 0 Å². The molecule has 44 heavy (non-hydrogen) atoms. The molecule has 3 nitrogen and oxygen atoms in total. The van der Waals surface area contributed by atoms with Crippen molar-refractivity contribution >= 4 is 21.5 Å². The third-order valence-electron chi connectivity index (χ3n) is 8.79. The molecule has 0 radical (unpaired) electrons. The highest BCUT2D eigenvalue weighted by atomic mass is 15.1. The summed E-state index contributed by atoms with van der Waals surface area (Å²) in [5, 5.41) is 14.2. The first-order valence-corrected chi connectivity index (χ1v) is 14.9. The second kappa shape index (κ2) is 9.82. The van der Waals surface area contributed by atoms with Crippen molar-refractivity contribution in [3.05, 3.63) is 152 Å². The molecule has 1 aliphatic rings. The van der Waals surface area contributed by atoms with Gasteiger partial charge in [-0.2, -0.15) is 0 Å². The summed E-state index contributed by atoms with van der Waals surface area (Å²) in [6, 6.07) is 51.6. The Balaban J connectivity index is 1.35. The number of rotatable bonds is 4. The fourth-order valence-electron chi connectivity index (χ4n) is 6.96. The first-order valence-electron chi connectivity index (χ1n) is 14.9. The fraction of sp³-hybridized carbons (Fsp3) is 0. The van der Waals surface area contributed by atoms with Crippen molar-refractivity contribution < 1.29 is 0 Å². The third-order valence-corrected chi connectivity index (χ3v) is 8.79. The van der Waals surface area contributed by atoms with Crippen LogP contribution in [0.1, 0.15) is 0 Å². The van der Waals surface area contributed by atoms with E-state index >= 15 is 0 Å². The summed E-state index contributed by atoms with van der Waals surface area (Å²) in [6.45, 7) is 0. The van der Waals surface area contributed by atoms with Crippen molar-refractivity contribution in [3.8, 4) is 67.2 Å². The van der Waals surface area contributed by atoms with E-state index in [1.807, 2.05) is 24.3 Å². The number of nitrogens with zero attached hydrogens (tertiary/aromatic N) is 3. The van der Waals surface area contributed by atoms with E-state index in [1.165, 1.54) is 66.1 Å². The van der Waals surface area contributed by atoms with E-state index in [4.69, 9.17) is 0 Å². The summed E-state index contributed by atoms with van der Waals surface area (Å²) in [6.07, 6.45) is 1.78. The van der Waals surface area contributed by atoms with Gasteiger partial charge in [0.25, 0.3) is 0 Å². The minimum absolute atomic E-state index is 0.763. The Morgan fingerprint density at radius 2 is 0.864 bits per heavy atom. The van der Waals surface area contributed by atoms with E-state index in [1.54, 1.807) is 6.20 Å². The quantitative estimate of drug-likeness (QED) is 0.215. The van der Waals surface area contributed by atoms with Gasteiger partial charge < -0.3 is 0 Å². The molecule has 0 unspecified atom stereocenters. The molecule has 204 valence electrons. The van der Waals surface area contributed by atoms with Crippen LogP contribution in [0.25, 0.3) is 88.7 Å². The highest BCUT2D eigenvalue weighted by molar-refractivity contribution is 6.28. The smallest absolute Gasteiger partial charge is 0.111 e. The number of pyridine rings is 1. The zero-order chi connectivity index (χ0) is 29.0. The Hall–Kier alpha value is -5.93. The van der Waals surface area contributed by atoms with Gasteiger partial charge in [-0.05, 0) is 90.3 Å². The van der Waals surface area contributed by atoms with Crippen molar-refractivity contribution in [1.82, 2.24) is 15.2 Å². The van der Waals surface area contributed by atoms with Crippen molar-refractivity contribution in [3.63, 3.8) is 0 Å². The maximum atomic E-state index is 4.69. The van der Waals surface area contributed by atoms with E-state index < -0.39 is 0 Å². The van der Waals surface area contributed by atoms with Gasteiger partial charge in [0.1, 0.15) is 5.69 Å². The van der Waals surface area contributed by atoms with Crippen LogP contribution in [0.5, 0.6) is 0 Å². The molecule has 6 aromatic carbocycles. The molecule has 0 saturated heterocycles. The van der Waals surface area contributed by atoms with Gasteiger partial charge in [-0.3, -0.25) is 4.98 Å². The average Bonchev–Trinajstić information content (AvgIpc) is 3.43. The molecular weight excluding hydrogens is 534 g/mol. The first kappa shape index (κ1) is 24.6. The second-order valence-electron chi connectivity index (χ2n) is 11.2. The van der Waals surface area contributed by atoms with Gasteiger partial charge in [-0.25, -0.2) is 0 Å². The minimum atomic E-state index is 0.763. The molecular formula is C41H25N3. The summed E-state index contributed by atoms with van der Waals surface area (Å²) in [7, 11) is 0. The topological polar surface area (TPSA) is 38.7 Å². The lowest BCUT2D eigenvalue weighted by atomic mass is 9.82. The molecule has 2 heterocycles. The van der Waals surface area contributed by atoms with Gasteiger partial charge in [0.15, 0.2) is 0 Å². The van der Waals surface area contributed by atoms with Crippen LogP contribution in [0.15, 0.2) is 152 Å². The summed E-state index contributed by atoms with van der Waals surface area (Å²) in [5.41, 5.74) is 13.6. The normalized spacial score (nSPS) is 11.6. The largest absolute Gasteiger partial charge is 0.255 e. The minimum Gasteiger partial charge on any atom is -0.255 e. The number of hydrogen-bond donors (Lipinski definition) is 0. The molecule has 0 spiro atoms. The molecule has 0 fully saturated rings. The van der Waals surface area contributed by atoms with Gasteiger partial charge in [0, 0.05) is 11.8 Å². The van der Waals surface area contributed by atoms with Crippen molar-refractivity contribution in [1.29, 1.82) is 0 Å². The van der Waals surface area contributed by atoms with Crippen LogP contribution in [0.2, 0.25) is 0 Å². The molecule has 0 amide bonds. The van der Waals surface area contributed by atoms with Gasteiger partial charge in [0.2, 0.25) is 0 Å². The molecule has 0 atom stereocenters. The Labute approximate surface area is 255 Å². The lowest BCUT2D eigenvalue weighted by Crippen LogP contribution is -1.93. The summed E-state index contributed by atoms with van der Waals surface area (Å²) >= 11 is 0. The monoisotopic (exact) mass is 559 g/mol. The summed E-state index contributed by atoms with van der Waals surface area (Å²) < 4.78 is 0. The summed E-state index contributed by atoms with van der Waals surface area (Å²) in [5.74, 6) is 0. The highest BCUT2D eigenvalue weighted by Crippen LogP contribution is 2.58. The highest BCUT2D eigenvalue weighted by Gasteiger charge is 2.31. The van der Waals surface area contributed by atoms with E-state index in [9.17, 15) is 0 Å². The van der Waals surface area contributed by atoms with Crippen molar-refractivity contribution in [2.45, 2.75) is 0 Å². The van der Waals surface area contributed by atoms with Crippen LogP contribution in [0, 0.1) is 0 Å². The van der Waals surface area contributed by atoms with Crippen LogP contribution in [0.3, 0.4) is 0 Å². The molecule has 3 heteroatoms. The average molecular weight is 560 g/mol. The SMILES string of the molecule is c1ccc(-c2c3c(c(-c4ccccc4)c4ccccc24)-c2ccc(-c4ccc(-c5ccccn5)nn4)c4cccc-3c24)cc1. The van der Waals surface area contributed by atoms with Crippen LogP contribution >= 0.6 is 0 Å². The van der Waals surface area contributed by atoms with Gasteiger partial charge in [-0.1, -0.05) is 121 Å². The Morgan fingerprint density at radius 3 is 1.48 bits per heavy atom. The zero-order valence-corrected chi connectivity index (χ0v) is 23.8. The maximum Gasteiger partial charge on any atom is 0.111 e. The maximum absolute atomic E-state index is 4.69. The summed E-state index contributed by atoms with van der Waals surface area (Å²) in [4.78, 5) is 4.44. The number of benzene rings is 6. The van der Waals surface area contributed by atoms with E-state index in [-0.39, 0.29) is 0 Å². The molecule has 1 aliphatic carbocycles. The second-order valence-corrected chi connectivity index (χ2v) is 11.2. The molecule has 0 saturated carbocycles. The van der Waals surface area contributed by atoms with Crippen LogP contribution in [-0.2, 0) is 0 Å². The molecule has 0 bridgehead atoms. The number of aromatic nitrogens is 3. The van der Waals surface area contributed by atoms with Crippen molar-refractivity contribution in [2.75, 3.05) is 0 Å². The van der Waals surface area contributed by atoms with Gasteiger partial charge in [0.05, 0.1) is 11.4 Å². The number of fused-ring (bicyclic) bond motifs is 4. The Kier molecular flexibility index (Phi) is 5.50. The lowest BCUT2D eigenvalue weighted by Gasteiger charge is -2.20. The Bertz CT molecular complexity index is 2250. The molecule has 0 aliphatic heterocycles. The van der Waals surface area contributed by atoms with Crippen LogP contribution < -0.4 is 0 Å². The number of hydrogen-bond acceptors (Lipinski definition) is 3. The van der Waals surface area contributed by atoms with Crippen molar-refractivity contribution in [2.24, 2.45) is 0 Å². The van der Waals surface area contributed by atoms with Gasteiger partial charge in [-0.15, -0.1) is 10.2 Å². The molecule has 2 aromatic heterocycles. The van der Waals surface area contributed by atoms with E-state index in [0.717, 1.165) is 22.6 Å². The zero-order valence-electron chi connectivity index (χ0n) is 23.8. The molecule has 0 N–H and O–H groups in total. The predicted octanol–water partition coefficient (Wildman–Crippen LogP) is 10.5. The fourth-order valence-corrected chi connectivity index (χ4v) is 6.96. The lowest BCUT2D eigenvalue weighted by molar-refractivity contribution is 1.04. The first-order chi connectivity index (χ1) is 21.9. The predicted molar refractivity (Wildman–Crippen MR) is 181 cm³/mol. The van der Waals surface area contributed by atoms with Crippen LogP contribution in [-0.4, -0.2) is 15.2 Å². The van der Waals surface area contributed by atoms with Crippen LogP contribution in [0.4, 0.5) is 0 Å². The Morgan fingerprint density at radius 1 is 0.318 bits per heavy atom.